The summed E-state index contributed by atoms with van der Waals surface area (Å²) in [4.78, 5) is 0. The number of hydrogen-bond donors (Lipinski definition) is 1. The Labute approximate surface area is 95.1 Å². The number of nitrogens with two attached hydrogens (primary N) is 1. The highest BCUT2D eigenvalue weighted by Gasteiger charge is 2.12. The first-order valence-electron chi connectivity index (χ1n) is 5.34. The molecule has 1 atom stereocenters. The van der Waals surface area contributed by atoms with E-state index in [1.807, 2.05) is 30.7 Å². The molecule has 0 spiro atoms. The van der Waals surface area contributed by atoms with E-state index in [1.165, 1.54) is 5.56 Å². The Kier molecular flexibility index (Phi) is 2.75. The lowest BCUT2D eigenvalue weighted by Gasteiger charge is -2.05. The quantitative estimate of drug-likeness (QED) is 0.834. The maximum atomic E-state index is 5.81. The normalized spacial score (nSPS) is 12.8. The molecule has 2 N–H and O–H groups in total. The number of benzene rings is 1. The molecular formula is C12H16N4. The molecule has 1 heterocycles. The van der Waals surface area contributed by atoms with Crippen LogP contribution in [0.15, 0.2) is 24.3 Å². The lowest BCUT2D eigenvalue weighted by molar-refractivity contribution is 0.756. The van der Waals surface area contributed by atoms with Crippen molar-refractivity contribution in [2.75, 3.05) is 0 Å². The smallest absolute Gasteiger partial charge is 0.102 e. The van der Waals surface area contributed by atoms with Gasteiger partial charge < -0.3 is 5.73 Å². The summed E-state index contributed by atoms with van der Waals surface area (Å²) in [5.74, 6) is 0. The van der Waals surface area contributed by atoms with Gasteiger partial charge in [0.25, 0.3) is 0 Å². The largest absolute Gasteiger partial charge is 0.323 e. The van der Waals surface area contributed by atoms with E-state index in [4.69, 9.17) is 5.73 Å². The number of aromatic nitrogens is 3. The molecule has 0 saturated heterocycles. The van der Waals surface area contributed by atoms with Gasteiger partial charge in [0.15, 0.2) is 0 Å². The van der Waals surface area contributed by atoms with Crippen LogP contribution in [-0.4, -0.2) is 15.0 Å². The van der Waals surface area contributed by atoms with Crippen molar-refractivity contribution in [2.45, 2.75) is 26.8 Å². The molecule has 0 aliphatic rings. The van der Waals surface area contributed by atoms with Crippen LogP contribution in [-0.2, 0) is 0 Å². The average molecular weight is 216 g/mol. The molecule has 0 radical (unpaired) electrons. The molecule has 0 fully saturated rings. The zero-order valence-corrected chi connectivity index (χ0v) is 9.81. The monoisotopic (exact) mass is 216 g/mol. The number of aryl methyl sites for hydroxylation is 1. The highest BCUT2D eigenvalue weighted by Crippen LogP contribution is 2.16. The summed E-state index contributed by atoms with van der Waals surface area (Å²) in [6.07, 6.45) is 0. The second-order valence-corrected chi connectivity index (χ2v) is 4.10. The van der Waals surface area contributed by atoms with Gasteiger partial charge in [-0.3, -0.25) is 0 Å². The number of nitrogens with zero attached hydrogens (tertiary/aromatic N) is 3. The summed E-state index contributed by atoms with van der Waals surface area (Å²) in [7, 11) is 0. The van der Waals surface area contributed by atoms with Crippen LogP contribution in [0.4, 0.5) is 0 Å². The van der Waals surface area contributed by atoms with Gasteiger partial charge in [0.2, 0.25) is 0 Å². The molecule has 1 aromatic heterocycles. The standard InChI is InChI=1S/C12H16N4/c1-8-4-6-11(7-5-8)16-10(3)12(9(2)13)14-15-16/h4-7,9H,13H2,1-3H3. The molecule has 4 nitrogen and oxygen atoms in total. The maximum absolute atomic E-state index is 5.81. The van der Waals surface area contributed by atoms with Gasteiger partial charge in [-0.05, 0) is 32.9 Å². The predicted molar refractivity (Wildman–Crippen MR) is 63.4 cm³/mol. The molecule has 2 aromatic rings. The summed E-state index contributed by atoms with van der Waals surface area (Å²) in [6.45, 7) is 5.96. The van der Waals surface area contributed by atoms with Crippen LogP contribution in [0.5, 0.6) is 0 Å². The predicted octanol–water partition coefficient (Wildman–Crippen LogP) is 1.90. The van der Waals surface area contributed by atoms with Gasteiger partial charge in [-0.1, -0.05) is 22.9 Å². The summed E-state index contributed by atoms with van der Waals surface area (Å²) < 4.78 is 1.82. The van der Waals surface area contributed by atoms with Crippen LogP contribution >= 0.6 is 0 Å². The van der Waals surface area contributed by atoms with Gasteiger partial charge in [0.1, 0.15) is 5.69 Å². The minimum absolute atomic E-state index is 0.0841. The van der Waals surface area contributed by atoms with Crippen molar-refractivity contribution in [3.63, 3.8) is 0 Å². The highest BCUT2D eigenvalue weighted by molar-refractivity contribution is 5.35. The second kappa shape index (κ2) is 4.06. The molecule has 1 aromatic carbocycles. The van der Waals surface area contributed by atoms with Gasteiger partial charge in [-0.25, -0.2) is 4.68 Å². The third-order valence-corrected chi connectivity index (χ3v) is 2.64. The van der Waals surface area contributed by atoms with Crippen molar-refractivity contribution in [2.24, 2.45) is 5.73 Å². The van der Waals surface area contributed by atoms with E-state index >= 15 is 0 Å². The summed E-state index contributed by atoms with van der Waals surface area (Å²) in [5.41, 5.74) is 9.91. The van der Waals surface area contributed by atoms with Crippen molar-refractivity contribution in [1.82, 2.24) is 15.0 Å². The summed E-state index contributed by atoms with van der Waals surface area (Å²) in [5, 5.41) is 8.23. The van der Waals surface area contributed by atoms with E-state index in [2.05, 4.69) is 29.4 Å². The average Bonchev–Trinajstić information content (AvgIpc) is 2.61. The van der Waals surface area contributed by atoms with E-state index in [9.17, 15) is 0 Å². The van der Waals surface area contributed by atoms with Crippen molar-refractivity contribution in [3.8, 4) is 5.69 Å². The Bertz CT molecular complexity index is 482. The molecule has 0 bridgehead atoms. The third-order valence-electron chi connectivity index (χ3n) is 2.64. The Balaban J connectivity index is 2.45. The topological polar surface area (TPSA) is 56.7 Å². The first kappa shape index (κ1) is 10.8. The Hall–Kier alpha value is -1.68. The number of hydrogen-bond acceptors (Lipinski definition) is 3. The second-order valence-electron chi connectivity index (χ2n) is 4.10. The van der Waals surface area contributed by atoms with Crippen molar-refractivity contribution < 1.29 is 0 Å². The Morgan fingerprint density at radius 2 is 1.81 bits per heavy atom. The fourth-order valence-corrected chi connectivity index (χ4v) is 1.69. The molecule has 0 saturated carbocycles. The molecule has 0 amide bonds. The van der Waals surface area contributed by atoms with Crippen molar-refractivity contribution >= 4 is 0 Å². The van der Waals surface area contributed by atoms with Crippen LogP contribution < -0.4 is 5.73 Å². The minimum atomic E-state index is -0.0841. The summed E-state index contributed by atoms with van der Waals surface area (Å²) >= 11 is 0. The van der Waals surface area contributed by atoms with Crippen molar-refractivity contribution in [1.29, 1.82) is 0 Å². The minimum Gasteiger partial charge on any atom is -0.323 e. The molecule has 0 aliphatic carbocycles. The Morgan fingerprint density at radius 1 is 1.19 bits per heavy atom. The SMILES string of the molecule is Cc1ccc(-n2nnc(C(C)N)c2C)cc1. The maximum Gasteiger partial charge on any atom is 0.102 e. The van der Waals surface area contributed by atoms with E-state index in [1.54, 1.807) is 0 Å². The summed E-state index contributed by atoms with van der Waals surface area (Å²) in [6, 6.07) is 8.09. The molecule has 4 heteroatoms. The molecule has 1 unspecified atom stereocenters. The van der Waals surface area contributed by atoms with E-state index < -0.39 is 0 Å². The third kappa shape index (κ3) is 1.84. The zero-order valence-electron chi connectivity index (χ0n) is 9.81. The Morgan fingerprint density at radius 3 is 2.31 bits per heavy atom. The fourth-order valence-electron chi connectivity index (χ4n) is 1.69. The van der Waals surface area contributed by atoms with Crippen LogP contribution in [0.1, 0.15) is 29.9 Å². The van der Waals surface area contributed by atoms with Crippen LogP contribution in [0.2, 0.25) is 0 Å². The lowest BCUT2D eigenvalue weighted by atomic mass is 10.2. The van der Waals surface area contributed by atoms with Gasteiger partial charge in [-0.2, -0.15) is 0 Å². The first-order valence-corrected chi connectivity index (χ1v) is 5.34. The molecule has 16 heavy (non-hydrogen) atoms. The molecule has 0 aliphatic heterocycles. The molecule has 2 rings (SSSR count). The van der Waals surface area contributed by atoms with E-state index in [-0.39, 0.29) is 6.04 Å². The van der Waals surface area contributed by atoms with Crippen LogP contribution in [0, 0.1) is 13.8 Å². The highest BCUT2D eigenvalue weighted by atomic mass is 15.4. The number of rotatable bonds is 2. The van der Waals surface area contributed by atoms with Gasteiger partial charge in [0.05, 0.1) is 11.4 Å². The van der Waals surface area contributed by atoms with Crippen molar-refractivity contribution in [3.05, 3.63) is 41.2 Å². The first-order chi connectivity index (χ1) is 7.59. The fraction of sp³-hybridized carbons (Fsp3) is 0.333. The van der Waals surface area contributed by atoms with Crippen LogP contribution in [0.25, 0.3) is 5.69 Å². The molecular weight excluding hydrogens is 200 g/mol. The van der Waals surface area contributed by atoms with E-state index in [0.717, 1.165) is 17.1 Å². The zero-order chi connectivity index (χ0) is 11.7. The molecule has 84 valence electrons. The van der Waals surface area contributed by atoms with Crippen LogP contribution in [0.3, 0.4) is 0 Å². The van der Waals surface area contributed by atoms with Gasteiger partial charge in [-0.15, -0.1) is 5.10 Å². The van der Waals surface area contributed by atoms with Gasteiger partial charge in [0, 0.05) is 6.04 Å². The van der Waals surface area contributed by atoms with Gasteiger partial charge >= 0.3 is 0 Å². The van der Waals surface area contributed by atoms with E-state index in [0.29, 0.717) is 0 Å². The lowest BCUT2D eigenvalue weighted by Crippen LogP contribution is -2.07.